The van der Waals surface area contributed by atoms with E-state index in [-0.39, 0.29) is 17.6 Å². The van der Waals surface area contributed by atoms with Crippen LogP contribution in [0.1, 0.15) is 21.9 Å². The molecule has 0 aliphatic carbocycles. The summed E-state index contributed by atoms with van der Waals surface area (Å²) in [5.74, 6) is -0.674. The van der Waals surface area contributed by atoms with Crippen LogP contribution in [0.3, 0.4) is 0 Å². The molecule has 7 heteroatoms. The first-order valence-electron chi connectivity index (χ1n) is 5.34. The third-order valence-electron chi connectivity index (χ3n) is 2.72. The van der Waals surface area contributed by atoms with Crippen molar-refractivity contribution in [2.45, 2.75) is 19.5 Å². The maximum absolute atomic E-state index is 11.2. The van der Waals surface area contributed by atoms with Gasteiger partial charge < -0.3 is 14.8 Å². The van der Waals surface area contributed by atoms with Gasteiger partial charge in [-0.05, 0) is 13.0 Å². The van der Waals surface area contributed by atoms with Crippen LogP contribution < -0.4 is 5.32 Å². The molecular weight excluding hydrogens is 258 g/mol. The third-order valence-corrected chi connectivity index (χ3v) is 4.11. The van der Waals surface area contributed by atoms with E-state index >= 15 is 0 Å². The van der Waals surface area contributed by atoms with Crippen LogP contribution in [0.4, 0.5) is 0 Å². The highest BCUT2D eigenvalue weighted by atomic mass is 32.2. The molecule has 98 valence electrons. The highest BCUT2D eigenvalue weighted by Crippen LogP contribution is 2.15. The summed E-state index contributed by atoms with van der Waals surface area (Å²) >= 11 is 0. The average molecular weight is 271 g/mol. The number of furan rings is 1. The molecule has 2 rings (SSSR count). The van der Waals surface area contributed by atoms with Gasteiger partial charge in [0.2, 0.25) is 5.76 Å². The SMILES string of the molecule is Cc1oc(C(=O)O)cc1CNC1C=CS(=O)(=O)C1. The third kappa shape index (κ3) is 2.80. The van der Waals surface area contributed by atoms with Gasteiger partial charge in [0, 0.05) is 23.6 Å². The summed E-state index contributed by atoms with van der Waals surface area (Å²) in [5.41, 5.74) is 0.713. The Hall–Kier alpha value is -1.60. The highest BCUT2D eigenvalue weighted by Gasteiger charge is 2.21. The smallest absolute Gasteiger partial charge is 0.371 e. The van der Waals surface area contributed by atoms with Gasteiger partial charge in [0.25, 0.3) is 0 Å². The van der Waals surface area contributed by atoms with Crippen molar-refractivity contribution in [3.63, 3.8) is 0 Å². The van der Waals surface area contributed by atoms with E-state index in [0.29, 0.717) is 17.9 Å². The number of hydrogen-bond donors (Lipinski definition) is 2. The molecular formula is C11H13NO5S. The lowest BCUT2D eigenvalue weighted by molar-refractivity contribution is 0.0661. The van der Waals surface area contributed by atoms with Crippen molar-refractivity contribution < 1.29 is 22.7 Å². The van der Waals surface area contributed by atoms with Crippen molar-refractivity contribution in [1.29, 1.82) is 0 Å². The van der Waals surface area contributed by atoms with Crippen molar-refractivity contribution in [3.05, 3.63) is 34.6 Å². The minimum atomic E-state index is -3.08. The first-order valence-corrected chi connectivity index (χ1v) is 7.06. The maximum atomic E-state index is 11.2. The average Bonchev–Trinajstić information content (AvgIpc) is 2.79. The molecule has 1 unspecified atom stereocenters. The molecule has 2 N–H and O–H groups in total. The molecule has 1 aromatic heterocycles. The predicted octanol–water partition coefficient (Wildman–Crippen LogP) is 0.687. The van der Waals surface area contributed by atoms with E-state index in [2.05, 4.69) is 5.32 Å². The Kier molecular flexibility index (Phi) is 3.27. The monoisotopic (exact) mass is 271 g/mol. The number of sulfone groups is 1. The molecule has 0 saturated heterocycles. The Balaban J connectivity index is 1.99. The Labute approximate surface area is 104 Å². The van der Waals surface area contributed by atoms with Gasteiger partial charge in [0.1, 0.15) is 5.76 Å². The number of carboxylic acids is 1. The lowest BCUT2D eigenvalue weighted by Crippen LogP contribution is -2.29. The van der Waals surface area contributed by atoms with E-state index in [1.54, 1.807) is 13.0 Å². The van der Waals surface area contributed by atoms with Crippen LogP contribution in [-0.4, -0.2) is 31.3 Å². The highest BCUT2D eigenvalue weighted by molar-refractivity contribution is 7.94. The topological polar surface area (TPSA) is 96.6 Å². The second kappa shape index (κ2) is 4.58. The number of carbonyl (C=O) groups is 1. The fraction of sp³-hybridized carbons (Fsp3) is 0.364. The van der Waals surface area contributed by atoms with Crippen molar-refractivity contribution in [3.8, 4) is 0 Å². The van der Waals surface area contributed by atoms with Gasteiger partial charge in [-0.2, -0.15) is 0 Å². The first kappa shape index (κ1) is 12.8. The Morgan fingerprint density at radius 3 is 2.83 bits per heavy atom. The van der Waals surface area contributed by atoms with E-state index in [4.69, 9.17) is 9.52 Å². The standard InChI is InChI=1S/C11H13NO5S/c1-7-8(4-10(17-7)11(13)14)5-12-9-2-3-18(15,16)6-9/h2-4,9,12H,5-6H2,1H3,(H,13,14). The lowest BCUT2D eigenvalue weighted by atomic mass is 10.2. The summed E-state index contributed by atoms with van der Waals surface area (Å²) in [6, 6.07) is 1.20. The minimum absolute atomic E-state index is 0.0374. The van der Waals surface area contributed by atoms with Crippen molar-refractivity contribution in [1.82, 2.24) is 5.32 Å². The molecule has 1 aromatic rings. The zero-order valence-electron chi connectivity index (χ0n) is 9.71. The molecule has 6 nitrogen and oxygen atoms in total. The van der Waals surface area contributed by atoms with Gasteiger partial charge in [-0.15, -0.1) is 0 Å². The maximum Gasteiger partial charge on any atom is 0.371 e. The van der Waals surface area contributed by atoms with Crippen molar-refractivity contribution >= 4 is 15.8 Å². The number of rotatable bonds is 4. The molecule has 0 bridgehead atoms. The quantitative estimate of drug-likeness (QED) is 0.836. The van der Waals surface area contributed by atoms with E-state index in [1.165, 1.54) is 11.5 Å². The summed E-state index contributed by atoms with van der Waals surface area (Å²) in [6.45, 7) is 2.04. The van der Waals surface area contributed by atoms with Crippen LogP contribution in [0.25, 0.3) is 0 Å². The molecule has 0 radical (unpaired) electrons. The van der Waals surface area contributed by atoms with E-state index in [9.17, 15) is 13.2 Å². The van der Waals surface area contributed by atoms with Gasteiger partial charge in [0.05, 0.1) is 5.75 Å². The summed E-state index contributed by atoms with van der Waals surface area (Å²) < 4.78 is 27.4. The number of aryl methyl sites for hydroxylation is 1. The van der Waals surface area contributed by atoms with Gasteiger partial charge in [-0.1, -0.05) is 6.08 Å². The van der Waals surface area contributed by atoms with Gasteiger partial charge >= 0.3 is 5.97 Å². The molecule has 0 saturated carbocycles. The van der Waals surface area contributed by atoms with Crippen LogP contribution in [0.5, 0.6) is 0 Å². The van der Waals surface area contributed by atoms with Crippen LogP contribution in [-0.2, 0) is 16.4 Å². The number of carboxylic acid groups (broad SMARTS) is 1. The second-order valence-corrected chi connectivity index (χ2v) is 6.07. The Morgan fingerprint density at radius 2 is 2.33 bits per heavy atom. The van der Waals surface area contributed by atoms with E-state index < -0.39 is 15.8 Å². The second-order valence-electron chi connectivity index (χ2n) is 4.14. The predicted molar refractivity (Wildman–Crippen MR) is 64.0 cm³/mol. The van der Waals surface area contributed by atoms with Crippen molar-refractivity contribution in [2.24, 2.45) is 0 Å². The fourth-order valence-corrected chi connectivity index (χ4v) is 3.01. The summed E-state index contributed by atoms with van der Waals surface area (Å²) in [5, 5.41) is 13.0. The van der Waals surface area contributed by atoms with Crippen LogP contribution in [0.2, 0.25) is 0 Å². The summed E-state index contributed by atoms with van der Waals surface area (Å²) in [7, 11) is -3.08. The zero-order valence-corrected chi connectivity index (χ0v) is 10.5. The first-order chi connectivity index (χ1) is 8.37. The van der Waals surface area contributed by atoms with Crippen LogP contribution >= 0.6 is 0 Å². The molecule has 0 spiro atoms. The number of hydrogen-bond acceptors (Lipinski definition) is 5. The summed E-state index contributed by atoms with van der Waals surface area (Å²) in [6.07, 6.45) is 1.59. The number of aromatic carboxylic acids is 1. The summed E-state index contributed by atoms with van der Waals surface area (Å²) in [4.78, 5) is 10.7. The largest absolute Gasteiger partial charge is 0.475 e. The fourth-order valence-electron chi connectivity index (χ4n) is 1.74. The minimum Gasteiger partial charge on any atom is -0.475 e. The molecule has 1 aliphatic rings. The Morgan fingerprint density at radius 1 is 1.61 bits per heavy atom. The van der Waals surface area contributed by atoms with Crippen molar-refractivity contribution in [2.75, 3.05) is 5.75 Å². The molecule has 2 heterocycles. The van der Waals surface area contributed by atoms with E-state index in [0.717, 1.165) is 0 Å². The van der Waals surface area contributed by atoms with E-state index in [1.807, 2.05) is 0 Å². The molecule has 1 atom stereocenters. The Bertz CT molecular complexity index is 599. The van der Waals surface area contributed by atoms with Gasteiger partial charge in [-0.25, -0.2) is 13.2 Å². The number of nitrogens with one attached hydrogen (secondary N) is 1. The molecule has 1 aliphatic heterocycles. The van der Waals surface area contributed by atoms with Gasteiger partial charge in [-0.3, -0.25) is 0 Å². The van der Waals surface area contributed by atoms with Gasteiger partial charge in [0.15, 0.2) is 9.84 Å². The molecule has 0 fully saturated rings. The lowest BCUT2D eigenvalue weighted by Gasteiger charge is -2.08. The normalized spacial score (nSPS) is 21.3. The zero-order chi connectivity index (χ0) is 13.3. The van der Waals surface area contributed by atoms with Crippen LogP contribution in [0.15, 0.2) is 22.0 Å². The molecule has 0 amide bonds. The molecule has 0 aromatic carbocycles. The molecule has 18 heavy (non-hydrogen) atoms. The van der Waals surface area contributed by atoms with Crippen LogP contribution in [0, 0.1) is 6.92 Å².